The highest BCUT2D eigenvalue weighted by Crippen LogP contribution is 2.34. The van der Waals surface area contributed by atoms with Crippen molar-refractivity contribution in [1.29, 1.82) is 0 Å². The number of hydrogen-bond donors (Lipinski definition) is 3. The van der Waals surface area contributed by atoms with Gasteiger partial charge in [-0.15, -0.1) is 0 Å². The first-order chi connectivity index (χ1) is 17.5. The Hall–Kier alpha value is -3.22. The predicted molar refractivity (Wildman–Crippen MR) is 142 cm³/mol. The molecule has 1 aliphatic carbocycles. The van der Waals surface area contributed by atoms with E-state index < -0.39 is 24.5 Å². The smallest absolute Gasteiger partial charge is 0.331 e. The number of benzene rings is 3. The van der Waals surface area contributed by atoms with Crippen molar-refractivity contribution in [3.05, 3.63) is 83.4 Å². The summed E-state index contributed by atoms with van der Waals surface area (Å²) in [5, 5.41) is 18.4. The standard InChI is InChI=1S/C30H36N2O4/c1-3-36-30(35)28(19-33)32-29(34)23-16-14-21(15-17-23)24-10-6-11-25(18-24)31-20(2)26-13-7-9-22-8-4-5-12-27(22)26/h4-5,7-9,12-17,20,24-25,28,31,33H,3,6,10-11,18-19H2,1-2H3,(H,32,34)/t20?,24-,25?,28-/m0/s1. The fourth-order valence-corrected chi connectivity index (χ4v) is 5.29. The largest absolute Gasteiger partial charge is 0.464 e. The minimum absolute atomic E-state index is 0.192. The molecular formula is C30H36N2O4. The van der Waals surface area contributed by atoms with Gasteiger partial charge < -0.3 is 20.5 Å². The molecule has 6 heteroatoms. The van der Waals surface area contributed by atoms with Crippen LogP contribution in [0.1, 0.15) is 73.0 Å². The van der Waals surface area contributed by atoms with Gasteiger partial charge in [0, 0.05) is 17.6 Å². The summed E-state index contributed by atoms with van der Waals surface area (Å²) in [6.45, 7) is 3.62. The maximum Gasteiger partial charge on any atom is 0.331 e. The number of nitrogens with one attached hydrogen (secondary N) is 2. The molecule has 0 spiro atoms. The Bertz CT molecular complexity index is 1170. The second-order valence-corrected chi connectivity index (χ2v) is 9.60. The number of rotatable bonds is 9. The van der Waals surface area contributed by atoms with Crippen molar-refractivity contribution in [2.45, 2.75) is 63.6 Å². The molecule has 0 heterocycles. The van der Waals surface area contributed by atoms with E-state index in [4.69, 9.17) is 4.74 Å². The van der Waals surface area contributed by atoms with E-state index >= 15 is 0 Å². The van der Waals surface area contributed by atoms with Crippen molar-refractivity contribution in [2.24, 2.45) is 0 Å². The molecular weight excluding hydrogens is 452 g/mol. The van der Waals surface area contributed by atoms with Crippen LogP contribution in [-0.4, -0.2) is 42.3 Å². The van der Waals surface area contributed by atoms with E-state index in [0.29, 0.717) is 17.5 Å². The first-order valence-corrected chi connectivity index (χ1v) is 12.9. The molecule has 0 radical (unpaired) electrons. The summed E-state index contributed by atoms with van der Waals surface area (Å²) < 4.78 is 4.90. The maximum atomic E-state index is 12.6. The van der Waals surface area contributed by atoms with Crippen molar-refractivity contribution in [2.75, 3.05) is 13.2 Å². The van der Waals surface area contributed by atoms with Crippen molar-refractivity contribution in [1.82, 2.24) is 10.6 Å². The Labute approximate surface area is 213 Å². The van der Waals surface area contributed by atoms with Gasteiger partial charge in [-0.05, 0) is 73.1 Å². The lowest BCUT2D eigenvalue weighted by Gasteiger charge is -2.32. The monoisotopic (exact) mass is 488 g/mol. The number of fused-ring (bicyclic) bond motifs is 1. The molecule has 190 valence electrons. The van der Waals surface area contributed by atoms with Gasteiger partial charge >= 0.3 is 5.97 Å². The molecule has 0 saturated heterocycles. The third-order valence-electron chi connectivity index (χ3n) is 7.15. The first-order valence-electron chi connectivity index (χ1n) is 12.9. The summed E-state index contributed by atoms with van der Waals surface area (Å²) in [5.74, 6) is -0.609. The maximum absolute atomic E-state index is 12.6. The fourth-order valence-electron chi connectivity index (χ4n) is 5.29. The zero-order chi connectivity index (χ0) is 25.5. The Morgan fingerprint density at radius 2 is 1.78 bits per heavy atom. The lowest BCUT2D eigenvalue weighted by molar-refractivity contribution is -0.146. The minimum Gasteiger partial charge on any atom is -0.464 e. The molecule has 3 N–H and O–H groups in total. The van der Waals surface area contributed by atoms with Crippen LogP contribution in [0.2, 0.25) is 0 Å². The number of carbonyl (C=O) groups is 2. The predicted octanol–water partition coefficient (Wildman–Crippen LogP) is 4.87. The van der Waals surface area contributed by atoms with Gasteiger partial charge in [0.25, 0.3) is 5.91 Å². The number of amides is 1. The van der Waals surface area contributed by atoms with Gasteiger partial charge in [0.05, 0.1) is 13.2 Å². The lowest BCUT2D eigenvalue weighted by Crippen LogP contribution is -2.44. The lowest BCUT2D eigenvalue weighted by atomic mass is 9.80. The first kappa shape index (κ1) is 25.9. The molecule has 0 aliphatic heterocycles. The number of esters is 1. The van der Waals surface area contributed by atoms with Crippen LogP contribution in [0.4, 0.5) is 0 Å². The van der Waals surface area contributed by atoms with Gasteiger partial charge in [-0.2, -0.15) is 0 Å². The van der Waals surface area contributed by atoms with E-state index in [1.165, 1.54) is 21.9 Å². The second-order valence-electron chi connectivity index (χ2n) is 9.60. The van der Waals surface area contributed by atoms with Gasteiger partial charge in [-0.25, -0.2) is 4.79 Å². The molecule has 36 heavy (non-hydrogen) atoms. The Morgan fingerprint density at radius 1 is 1.03 bits per heavy atom. The van der Waals surface area contributed by atoms with Crippen LogP contribution in [0, 0.1) is 0 Å². The van der Waals surface area contributed by atoms with Gasteiger partial charge in [0.15, 0.2) is 6.04 Å². The van der Waals surface area contributed by atoms with Gasteiger partial charge in [-0.1, -0.05) is 61.0 Å². The SMILES string of the molecule is CCOC(=O)[C@H](CO)NC(=O)c1ccc([C@H]2CCCC(NC(C)c3cccc4ccccc34)C2)cc1. The average Bonchev–Trinajstić information content (AvgIpc) is 2.91. The Balaban J connectivity index is 1.37. The summed E-state index contributed by atoms with van der Waals surface area (Å²) >= 11 is 0. The number of hydrogen-bond acceptors (Lipinski definition) is 5. The highest BCUT2D eigenvalue weighted by atomic mass is 16.5. The number of carbonyl (C=O) groups excluding carboxylic acids is 2. The highest BCUT2D eigenvalue weighted by Gasteiger charge is 2.26. The highest BCUT2D eigenvalue weighted by molar-refractivity contribution is 5.96. The zero-order valence-corrected chi connectivity index (χ0v) is 21.1. The van der Waals surface area contributed by atoms with E-state index in [0.717, 1.165) is 25.7 Å². The van der Waals surface area contributed by atoms with E-state index in [9.17, 15) is 14.7 Å². The van der Waals surface area contributed by atoms with Crippen molar-refractivity contribution < 1.29 is 19.4 Å². The molecule has 3 aromatic rings. The zero-order valence-electron chi connectivity index (χ0n) is 21.1. The van der Waals surface area contributed by atoms with E-state index in [-0.39, 0.29) is 12.6 Å². The molecule has 0 bridgehead atoms. The summed E-state index contributed by atoms with van der Waals surface area (Å²) in [6, 6.07) is 22.3. The summed E-state index contributed by atoms with van der Waals surface area (Å²) in [7, 11) is 0. The quantitative estimate of drug-likeness (QED) is 0.374. The van der Waals surface area contributed by atoms with Crippen LogP contribution in [0.3, 0.4) is 0 Å². The second kappa shape index (κ2) is 12.2. The van der Waals surface area contributed by atoms with Gasteiger partial charge in [-0.3, -0.25) is 4.79 Å². The molecule has 0 aromatic heterocycles. The van der Waals surface area contributed by atoms with E-state index in [2.05, 4.69) is 60.0 Å². The van der Waals surface area contributed by atoms with Crippen LogP contribution in [-0.2, 0) is 9.53 Å². The molecule has 1 aliphatic rings. The van der Waals surface area contributed by atoms with Crippen LogP contribution < -0.4 is 10.6 Å². The van der Waals surface area contributed by atoms with Crippen LogP contribution >= 0.6 is 0 Å². The third kappa shape index (κ3) is 6.12. The molecule has 1 fully saturated rings. The molecule has 3 aromatic carbocycles. The van der Waals surface area contributed by atoms with Crippen molar-refractivity contribution in [3.8, 4) is 0 Å². The van der Waals surface area contributed by atoms with Crippen molar-refractivity contribution in [3.63, 3.8) is 0 Å². The third-order valence-corrected chi connectivity index (χ3v) is 7.15. The van der Waals surface area contributed by atoms with Crippen LogP contribution in [0.5, 0.6) is 0 Å². The number of aliphatic hydroxyl groups excluding tert-OH is 1. The minimum atomic E-state index is -1.06. The molecule has 2 unspecified atom stereocenters. The summed E-state index contributed by atoms with van der Waals surface area (Å²) in [6.07, 6.45) is 4.49. The summed E-state index contributed by atoms with van der Waals surface area (Å²) in [4.78, 5) is 24.4. The topological polar surface area (TPSA) is 87.7 Å². The van der Waals surface area contributed by atoms with Crippen molar-refractivity contribution >= 4 is 22.6 Å². The molecule has 4 rings (SSSR count). The normalized spacial score (nSPS) is 19.4. The van der Waals surface area contributed by atoms with E-state index in [1.807, 2.05) is 12.1 Å². The van der Waals surface area contributed by atoms with E-state index in [1.54, 1.807) is 19.1 Å². The Kier molecular flexibility index (Phi) is 8.73. The van der Waals surface area contributed by atoms with Gasteiger partial charge in [0.2, 0.25) is 0 Å². The molecule has 6 nitrogen and oxygen atoms in total. The molecule has 4 atom stereocenters. The van der Waals surface area contributed by atoms with Crippen LogP contribution in [0.15, 0.2) is 66.7 Å². The number of ether oxygens (including phenoxy) is 1. The van der Waals surface area contributed by atoms with Gasteiger partial charge in [0.1, 0.15) is 0 Å². The van der Waals surface area contributed by atoms with Crippen LogP contribution in [0.25, 0.3) is 10.8 Å². The average molecular weight is 489 g/mol. The number of aliphatic hydroxyl groups is 1. The fraction of sp³-hybridized carbons (Fsp3) is 0.400. The molecule has 1 amide bonds. The Morgan fingerprint density at radius 3 is 2.53 bits per heavy atom. The summed E-state index contributed by atoms with van der Waals surface area (Å²) in [5.41, 5.74) is 3.01. The molecule has 1 saturated carbocycles.